The number of methoxy groups -OCH3 is 4. The van der Waals surface area contributed by atoms with Gasteiger partial charge in [-0.25, -0.2) is 8.42 Å². The third-order valence-electron chi connectivity index (χ3n) is 10.5. The van der Waals surface area contributed by atoms with E-state index < -0.39 is 29.0 Å². The van der Waals surface area contributed by atoms with Crippen LogP contribution in [0.5, 0.6) is 17.2 Å². The Morgan fingerprint density at radius 2 is 0.696 bits per heavy atom. The molecule has 0 aliphatic heterocycles. The van der Waals surface area contributed by atoms with Crippen molar-refractivity contribution in [2.75, 3.05) is 193 Å². The Morgan fingerprint density at radius 3 is 1.01 bits per heavy atom. The molecule has 5 rings (SSSR count). The Morgan fingerprint density at radius 1 is 0.413 bits per heavy atom. The van der Waals surface area contributed by atoms with Gasteiger partial charge < -0.3 is 82.3 Å². The molecule has 0 aliphatic rings. The van der Waals surface area contributed by atoms with Gasteiger partial charge >= 0.3 is 29.6 Å². The van der Waals surface area contributed by atoms with Gasteiger partial charge in [-0.05, 0) is 74.5 Å². The molecule has 5 aromatic rings. The molecule has 0 fully saturated rings. The molecule has 0 spiro atoms. The molecule has 0 radical (unpaired) electrons. The molecule has 0 saturated carbocycles. The first-order valence-corrected chi connectivity index (χ1v) is 31.9. The smallest absolute Gasteiger partial charge is 0.872 e. The second-order valence-corrected chi connectivity index (χ2v) is 21.9. The Labute approximate surface area is 566 Å². The van der Waals surface area contributed by atoms with Crippen LogP contribution in [0.15, 0.2) is 131 Å². The van der Waals surface area contributed by atoms with Crippen LogP contribution in [-0.4, -0.2) is 219 Å². The number of anilines is 1. The summed E-state index contributed by atoms with van der Waals surface area (Å²) in [6.45, 7) is 14.9. The quantitative estimate of drug-likeness (QED) is 0.0107. The first-order chi connectivity index (χ1) is 43.7. The van der Waals surface area contributed by atoms with E-state index in [0.717, 1.165) is 34.7 Å². The van der Waals surface area contributed by atoms with Crippen LogP contribution in [0.25, 0.3) is 0 Å². The normalized spacial score (nSPS) is 10.6. The molecule has 0 atom stereocenters. The van der Waals surface area contributed by atoms with Gasteiger partial charge in [0.15, 0.2) is 0 Å². The van der Waals surface area contributed by atoms with Gasteiger partial charge in [0.25, 0.3) is 30.5 Å². The number of nitrogens with zero attached hydrogens (tertiary/aromatic N) is 2. The van der Waals surface area contributed by atoms with Gasteiger partial charge in [0.1, 0.15) is 24.7 Å². The van der Waals surface area contributed by atoms with Crippen LogP contribution in [0.1, 0.15) is 11.1 Å². The number of ether oxygens (including phenoxy) is 14. The molecule has 0 aliphatic carbocycles. The summed E-state index contributed by atoms with van der Waals surface area (Å²) >= 11 is 0. The number of benzene rings is 5. The topological polar surface area (TPSA) is 362 Å². The van der Waals surface area contributed by atoms with Crippen molar-refractivity contribution in [2.24, 2.45) is 0 Å². The minimum Gasteiger partial charge on any atom is -0.872 e. The predicted octanol–water partition coefficient (Wildman–Crippen LogP) is 3.61. The maximum atomic E-state index is 11.8. The van der Waals surface area contributed by atoms with E-state index in [2.05, 4.69) is 0 Å². The molecule has 0 aromatic heterocycles. The van der Waals surface area contributed by atoms with Gasteiger partial charge in [0.2, 0.25) is 0 Å². The third-order valence-corrected chi connectivity index (χ3v) is 13.2. The van der Waals surface area contributed by atoms with E-state index in [4.69, 9.17) is 92.0 Å². The SMILES string of the molecule is COCCOCCOCCO.COCCOCCOCCOS(=O)(=O)c1ccc(C)cc1.COCCOCCOCCOc1ccc(N)cc1.COCCOCCOCCOc1ccc([N+](=O)[O-])cc1.Cc1ccc(S(=O)(=O)Cl)cc1.O=[N+]([O-])c1ccc([O-])cc1.[Na+]. The van der Waals surface area contributed by atoms with E-state index in [0.29, 0.717) is 144 Å². The van der Waals surface area contributed by atoms with Gasteiger partial charge in [-0.3, -0.25) is 24.4 Å². The second kappa shape index (κ2) is 59.5. The van der Waals surface area contributed by atoms with Gasteiger partial charge in [-0.15, -0.1) is 5.75 Å². The minimum absolute atomic E-state index is 0. The Hall–Kier alpha value is -5.27. The Balaban J connectivity index is 0. The molecule has 92 heavy (non-hydrogen) atoms. The molecule has 0 heterocycles. The second-order valence-electron chi connectivity index (χ2n) is 17.7. The average Bonchev–Trinajstić information content (AvgIpc) is 1.29. The first-order valence-electron chi connectivity index (χ1n) is 28.2. The van der Waals surface area contributed by atoms with Crippen molar-refractivity contribution in [1.29, 1.82) is 0 Å². The van der Waals surface area contributed by atoms with Crippen molar-refractivity contribution in [2.45, 2.75) is 23.6 Å². The summed E-state index contributed by atoms with van der Waals surface area (Å²) in [6, 6.07) is 30.8. The Kier molecular flexibility index (Phi) is 57.4. The predicted molar refractivity (Wildman–Crippen MR) is 337 cm³/mol. The Bertz CT molecular complexity index is 2760. The van der Waals surface area contributed by atoms with Crippen LogP contribution in [-0.2, 0) is 80.2 Å². The van der Waals surface area contributed by atoms with Crippen molar-refractivity contribution in [3.8, 4) is 17.2 Å². The fraction of sp³-hybridized carbons (Fsp3) is 0.500. The van der Waals surface area contributed by atoms with E-state index in [-0.39, 0.29) is 76.3 Å². The van der Waals surface area contributed by atoms with Crippen molar-refractivity contribution in [1.82, 2.24) is 0 Å². The van der Waals surface area contributed by atoms with Crippen LogP contribution in [0, 0.1) is 34.1 Å². The van der Waals surface area contributed by atoms with E-state index in [1.165, 1.54) is 48.5 Å². The first kappa shape index (κ1) is 88.8. The number of rotatable bonds is 42. The van der Waals surface area contributed by atoms with E-state index in [1.807, 2.05) is 26.0 Å². The fourth-order valence-corrected chi connectivity index (χ4v) is 7.49. The van der Waals surface area contributed by atoms with Crippen LogP contribution in [0.4, 0.5) is 17.1 Å². The van der Waals surface area contributed by atoms with Crippen molar-refractivity contribution in [3.05, 3.63) is 153 Å². The monoisotopic (exact) mass is 1370 g/mol. The van der Waals surface area contributed by atoms with Gasteiger partial charge in [0.05, 0.1) is 165 Å². The summed E-state index contributed by atoms with van der Waals surface area (Å²) in [7, 11) is 4.33. The number of halogens is 1. The van der Waals surface area contributed by atoms with Gasteiger partial charge in [0, 0.05) is 69.1 Å². The van der Waals surface area contributed by atoms with Crippen molar-refractivity contribution >= 4 is 46.9 Å². The zero-order chi connectivity index (χ0) is 67.6. The van der Waals surface area contributed by atoms with Crippen LogP contribution in [0.2, 0.25) is 0 Å². The standard InChI is InChI=1S/C14H22O6S.C13H19NO6.C13H21NO4.C7H7ClO2S.C7H16O4.C6H5NO3.Na/c1-13-3-5-14(6-4-13)21(15,16)20-12-11-19-10-9-18-8-7-17-2;1-17-6-7-18-8-9-19-10-11-20-13-4-2-12(3-5-13)14(15)16;1-15-6-7-16-8-9-17-10-11-18-13-4-2-12(14)3-5-13;1-6-2-4-7(5-3-6)11(8,9)10;1-9-4-5-11-7-6-10-3-2-8;8-6-3-1-5(2-4-6)7(9)10;/h3-6H,7-12H2,1-2H3;2-5H,6-11H2,1H3;2-5H,6-11,14H2,1H3;2-5H,1H3;8H,2-7H2,1H3;1-4,8H;/q;;;;;;+1/p-1. The zero-order valence-corrected chi connectivity index (χ0v) is 57.8. The van der Waals surface area contributed by atoms with Crippen LogP contribution < -0.4 is 49.9 Å². The van der Waals surface area contributed by atoms with Crippen molar-refractivity contribution in [3.63, 3.8) is 0 Å². The number of nitro benzene ring substituents is 2. The molecular weight excluding hydrogens is 1290 g/mol. The third kappa shape index (κ3) is 52.1. The summed E-state index contributed by atoms with van der Waals surface area (Å²) in [5.41, 5.74) is 8.28. The number of aliphatic hydroxyl groups is 1. The largest absolute Gasteiger partial charge is 1.00 e. The van der Waals surface area contributed by atoms with Crippen LogP contribution >= 0.6 is 10.7 Å². The average molecular weight is 1370 g/mol. The van der Waals surface area contributed by atoms with E-state index in [9.17, 15) is 42.2 Å². The number of nitrogens with two attached hydrogens (primary N) is 1. The van der Waals surface area contributed by atoms with Gasteiger partial charge in [-0.1, -0.05) is 47.5 Å². The summed E-state index contributed by atoms with van der Waals surface area (Å²) in [4.78, 5) is 19.8. The van der Waals surface area contributed by atoms with Gasteiger partial charge in [-0.2, -0.15) is 8.42 Å². The summed E-state index contributed by atoms with van der Waals surface area (Å²) in [6.07, 6.45) is 0. The molecule has 28 nitrogen and oxygen atoms in total. The molecule has 0 saturated heterocycles. The number of nitrogen functional groups attached to an aromatic ring is 1. The fourth-order valence-electron chi connectivity index (χ4n) is 5.83. The maximum absolute atomic E-state index is 11.8. The molecular formula is C60H89ClN3NaO25S2. The summed E-state index contributed by atoms with van der Waals surface area (Å²) in [5, 5.41) is 39.2. The van der Waals surface area contributed by atoms with E-state index >= 15 is 0 Å². The number of aryl methyl sites for hydroxylation is 2. The molecule has 0 bridgehead atoms. The molecule has 32 heteroatoms. The summed E-state index contributed by atoms with van der Waals surface area (Å²) in [5.74, 6) is 1.16. The zero-order valence-electron chi connectivity index (χ0n) is 53.4. The minimum atomic E-state index is -3.71. The summed E-state index contributed by atoms with van der Waals surface area (Å²) < 4.78 is 122. The number of non-ortho nitro benzene ring substituents is 2. The number of aliphatic hydroxyl groups excluding tert-OH is 1. The van der Waals surface area contributed by atoms with Crippen LogP contribution in [0.3, 0.4) is 0 Å². The molecule has 5 aromatic carbocycles. The number of hydrogen-bond acceptors (Lipinski definition) is 26. The van der Waals surface area contributed by atoms with E-state index in [1.54, 1.807) is 77.0 Å². The van der Waals surface area contributed by atoms with Crippen molar-refractivity contribution < 1.29 is 137 Å². The maximum Gasteiger partial charge on any atom is 1.00 e. The molecule has 0 unspecified atom stereocenters. The molecule has 514 valence electrons. The number of nitro groups is 2. The molecule has 0 amide bonds. The number of hydrogen-bond donors (Lipinski definition) is 2. The molecule has 3 N–H and O–H groups in total.